The van der Waals surface area contributed by atoms with Crippen molar-refractivity contribution < 1.29 is 4.79 Å². The van der Waals surface area contributed by atoms with Gasteiger partial charge >= 0.3 is 0 Å². The Labute approximate surface area is 127 Å². The Kier molecular flexibility index (Phi) is 5.96. The minimum atomic E-state index is 0.105. The fraction of sp³-hybridized carbons (Fsp3) is 0.688. The van der Waals surface area contributed by atoms with E-state index in [9.17, 15) is 4.79 Å². The van der Waals surface area contributed by atoms with Crippen LogP contribution in [0.3, 0.4) is 0 Å². The minimum Gasteiger partial charge on any atom is -0.350 e. The van der Waals surface area contributed by atoms with Gasteiger partial charge in [0, 0.05) is 25.2 Å². The van der Waals surface area contributed by atoms with Crippen LogP contribution >= 0.6 is 0 Å². The second kappa shape index (κ2) is 7.96. The number of nitrogens with one attached hydrogen (secondary N) is 1. The third kappa shape index (κ3) is 4.41. The third-order valence-electron chi connectivity index (χ3n) is 4.14. The monoisotopic (exact) mass is 290 g/mol. The Balaban J connectivity index is 1.93. The highest BCUT2D eigenvalue weighted by atomic mass is 16.1. The van der Waals surface area contributed by atoms with E-state index < -0.39 is 0 Å². The van der Waals surface area contributed by atoms with E-state index in [-0.39, 0.29) is 11.8 Å². The van der Waals surface area contributed by atoms with Crippen molar-refractivity contribution in [3.63, 3.8) is 0 Å². The summed E-state index contributed by atoms with van der Waals surface area (Å²) in [4.78, 5) is 23.2. The molecule has 1 amide bonds. The Morgan fingerprint density at radius 3 is 2.67 bits per heavy atom. The van der Waals surface area contributed by atoms with Gasteiger partial charge in [0.05, 0.1) is 12.2 Å². The third-order valence-corrected chi connectivity index (χ3v) is 4.14. The molecule has 0 aliphatic carbocycles. The number of anilines is 1. The maximum Gasteiger partial charge on any atom is 0.225 e. The fourth-order valence-corrected chi connectivity index (χ4v) is 2.71. The van der Waals surface area contributed by atoms with Gasteiger partial charge in [-0.3, -0.25) is 4.79 Å². The summed E-state index contributed by atoms with van der Waals surface area (Å²) in [5, 5.41) is 2.98. The average Bonchev–Trinajstić information content (AvgIpc) is 2.55. The fourth-order valence-electron chi connectivity index (χ4n) is 2.71. The smallest absolute Gasteiger partial charge is 0.225 e. The summed E-state index contributed by atoms with van der Waals surface area (Å²) in [6.45, 7) is 6.64. The second-order valence-electron chi connectivity index (χ2n) is 5.63. The quantitative estimate of drug-likeness (QED) is 0.874. The van der Waals surface area contributed by atoms with Crippen molar-refractivity contribution in [1.29, 1.82) is 0 Å². The molecule has 0 saturated carbocycles. The summed E-state index contributed by atoms with van der Waals surface area (Å²) in [6, 6.07) is 1.88. The molecular weight excluding hydrogens is 264 g/mol. The van der Waals surface area contributed by atoms with Crippen LogP contribution < -0.4 is 10.2 Å². The summed E-state index contributed by atoms with van der Waals surface area (Å²) in [7, 11) is 0. The van der Waals surface area contributed by atoms with Crippen molar-refractivity contribution in [3.8, 4) is 0 Å². The summed E-state index contributed by atoms with van der Waals surface area (Å²) in [5.41, 5.74) is 0.880. The van der Waals surface area contributed by atoms with E-state index in [1.165, 1.54) is 19.3 Å². The van der Waals surface area contributed by atoms with Crippen LogP contribution in [0.1, 0.15) is 51.6 Å². The SMILES string of the molecule is CCC(CC)C(=O)NCc1ccnc(N2CCCCC2)n1. The van der Waals surface area contributed by atoms with E-state index in [0.29, 0.717) is 6.54 Å². The molecule has 116 valence electrons. The van der Waals surface area contributed by atoms with E-state index in [1.807, 2.05) is 19.9 Å². The van der Waals surface area contributed by atoms with Crippen molar-refractivity contribution in [2.24, 2.45) is 5.92 Å². The predicted molar refractivity (Wildman–Crippen MR) is 84.0 cm³/mol. The van der Waals surface area contributed by atoms with Gasteiger partial charge in [0.2, 0.25) is 11.9 Å². The first-order chi connectivity index (χ1) is 10.2. The zero-order valence-electron chi connectivity index (χ0n) is 13.1. The van der Waals surface area contributed by atoms with Crippen molar-refractivity contribution in [1.82, 2.24) is 15.3 Å². The van der Waals surface area contributed by atoms with E-state index in [2.05, 4.69) is 20.2 Å². The molecule has 0 aromatic carbocycles. The molecule has 5 heteroatoms. The molecule has 1 aromatic heterocycles. The standard InChI is InChI=1S/C16H26N4O/c1-3-13(4-2)15(21)18-12-14-8-9-17-16(19-14)20-10-6-5-7-11-20/h8-9,13H,3-7,10-12H2,1-2H3,(H,18,21). The van der Waals surface area contributed by atoms with E-state index in [0.717, 1.165) is 37.6 Å². The Bertz CT molecular complexity index is 453. The van der Waals surface area contributed by atoms with Crippen LogP contribution in [0.4, 0.5) is 5.95 Å². The number of carbonyl (C=O) groups excluding carboxylic acids is 1. The maximum atomic E-state index is 12.0. The molecule has 1 fully saturated rings. The second-order valence-corrected chi connectivity index (χ2v) is 5.63. The molecule has 2 heterocycles. The first kappa shape index (κ1) is 15.7. The van der Waals surface area contributed by atoms with E-state index in [1.54, 1.807) is 6.20 Å². The highest BCUT2D eigenvalue weighted by Gasteiger charge is 2.15. The highest BCUT2D eigenvalue weighted by Crippen LogP contribution is 2.15. The lowest BCUT2D eigenvalue weighted by Crippen LogP contribution is -2.32. The Morgan fingerprint density at radius 1 is 1.29 bits per heavy atom. The largest absolute Gasteiger partial charge is 0.350 e. The molecular formula is C16H26N4O. The molecule has 0 atom stereocenters. The number of hydrogen-bond acceptors (Lipinski definition) is 4. The maximum absolute atomic E-state index is 12.0. The average molecular weight is 290 g/mol. The van der Waals surface area contributed by atoms with Crippen LogP contribution in [-0.4, -0.2) is 29.0 Å². The van der Waals surface area contributed by atoms with Crippen LogP contribution in [0.15, 0.2) is 12.3 Å². The molecule has 2 rings (SSSR count). The van der Waals surface area contributed by atoms with Gasteiger partial charge in [-0.1, -0.05) is 13.8 Å². The van der Waals surface area contributed by atoms with Gasteiger partial charge in [-0.15, -0.1) is 0 Å². The number of nitrogens with zero attached hydrogens (tertiary/aromatic N) is 3. The van der Waals surface area contributed by atoms with Gasteiger partial charge in [0.15, 0.2) is 0 Å². The molecule has 0 spiro atoms. The number of piperidine rings is 1. The molecule has 0 radical (unpaired) electrons. The first-order valence-corrected chi connectivity index (χ1v) is 8.09. The molecule has 1 aliphatic rings. The minimum absolute atomic E-state index is 0.105. The van der Waals surface area contributed by atoms with Crippen LogP contribution in [0.25, 0.3) is 0 Å². The highest BCUT2D eigenvalue weighted by molar-refractivity contribution is 5.78. The zero-order valence-corrected chi connectivity index (χ0v) is 13.1. The normalized spacial score (nSPS) is 15.3. The molecule has 0 bridgehead atoms. The topological polar surface area (TPSA) is 58.1 Å². The number of aromatic nitrogens is 2. The van der Waals surface area contributed by atoms with Crippen molar-refractivity contribution >= 4 is 11.9 Å². The van der Waals surface area contributed by atoms with Gasteiger partial charge in [0.25, 0.3) is 0 Å². The van der Waals surface area contributed by atoms with E-state index in [4.69, 9.17) is 0 Å². The molecule has 1 aromatic rings. The molecule has 1 saturated heterocycles. The number of amides is 1. The lowest BCUT2D eigenvalue weighted by Gasteiger charge is -2.26. The molecule has 1 N–H and O–H groups in total. The van der Waals surface area contributed by atoms with Gasteiger partial charge in [-0.2, -0.15) is 0 Å². The van der Waals surface area contributed by atoms with E-state index >= 15 is 0 Å². The Morgan fingerprint density at radius 2 is 2.00 bits per heavy atom. The zero-order chi connectivity index (χ0) is 15.1. The van der Waals surface area contributed by atoms with Gasteiger partial charge in [0.1, 0.15) is 0 Å². The van der Waals surface area contributed by atoms with Gasteiger partial charge < -0.3 is 10.2 Å². The van der Waals surface area contributed by atoms with Crippen molar-refractivity contribution in [2.75, 3.05) is 18.0 Å². The number of hydrogen-bond donors (Lipinski definition) is 1. The van der Waals surface area contributed by atoms with Crippen LogP contribution in [0.5, 0.6) is 0 Å². The van der Waals surface area contributed by atoms with Gasteiger partial charge in [-0.05, 0) is 38.2 Å². The van der Waals surface area contributed by atoms with Crippen LogP contribution in [0, 0.1) is 5.92 Å². The van der Waals surface area contributed by atoms with Crippen molar-refractivity contribution in [2.45, 2.75) is 52.5 Å². The van der Waals surface area contributed by atoms with Crippen molar-refractivity contribution in [3.05, 3.63) is 18.0 Å². The molecule has 21 heavy (non-hydrogen) atoms. The molecule has 5 nitrogen and oxygen atoms in total. The Hall–Kier alpha value is -1.65. The lowest BCUT2D eigenvalue weighted by atomic mass is 10.0. The molecule has 1 aliphatic heterocycles. The number of rotatable bonds is 6. The summed E-state index contributed by atoms with van der Waals surface area (Å²) in [5.74, 6) is 1.02. The number of carbonyl (C=O) groups is 1. The van der Waals surface area contributed by atoms with Gasteiger partial charge in [-0.25, -0.2) is 9.97 Å². The van der Waals surface area contributed by atoms with Crippen LogP contribution in [-0.2, 0) is 11.3 Å². The van der Waals surface area contributed by atoms with Crippen LogP contribution in [0.2, 0.25) is 0 Å². The first-order valence-electron chi connectivity index (χ1n) is 8.09. The summed E-state index contributed by atoms with van der Waals surface area (Å²) >= 11 is 0. The summed E-state index contributed by atoms with van der Waals surface area (Å²) in [6.07, 6.45) is 7.26. The lowest BCUT2D eigenvalue weighted by molar-refractivity contribution is -0.125. The predicted octanol–water partition coefficient (Wildman–Crippen LogP) is 2.52. The summed E-state index contributed by atoms with van der Waals surface area (Å²) < 4.78 is 0. The molecule has 0 unspecified atom stereocenters.